The number of amides is 1. The van der Waals surface area contributed by atoms with Gasteiger partial charge in [0, 0.05) is 43.6 Å². The highest BCUT2D eigenvalue weighted by Crippen LogP contribution is 2.14. The molecule has 19 heavy (non-hydrogen) atoms. The number of hydrogen-bond acceptors (Lipinski definition) is 4. The number of nitrogen functional groups attached to an aromatic ring is 1. The van der Waals surface area contributed by atoms with E-state index < -0.39 is 0 Å². The summed E-state index contributed by atoms with van der Waals surface area (Å²) in [5.41, 5.74) is 8.56. The molecule has 0 bridgehead atoms. The lowest BCUT2D eigenvalue weighted by molar-refractivity contribution is 0.0785. The van der Waals surface area contributed by atoms with Gasteiger partial charge in [0.1, 0.15) is 0 Å². The van der Waals surface area contributed by atoms with Gasteiger partial charge < -0.3 is 10.6 Å². The van der Waals surface area contributed by atoms with Gasteiger partial charge in [-0.05, 0) is 30.7 Å². The van der Waals surface area contributed by atoms with Gasteiger partial charge in [0.2, 0.25) is 0 Å². The van der Waals surface area contributed by atoms with Gasteiger partial charge >= 0.3 is 0 Å². The van der Waals surface area contributed by atoms with Crippen LogP contribution in [-0.2, 0) is 6.54 Å². The molecule has 0 fully saturated rings. The highest BCUT2D eigenvalue weighted by atomic mass is 16.2. The van der Waals surface area contributed by atoms with Crippen molar-refractivity contribution in [1.29, 1.82) is 0 Å². The smallest absolute Gasteiger partial charge is 0.257 e. The molecule has 0 aliphatic heterocycles. The van der Waals surface area contributed by atoms with E-state index in [2.05, 4.69) is 9.97 Å². The minimum atomic E-state index is -0.137. The second kappa shape index (κ2) is 5.48. The van der Waals surface area contributed by atoms with Crippen LogP contribution < -0.4 is 5.73 Å². The largest absolute Gasteiger partial charge is 0.398 e. The van der Waals surface area contributed by atoms with Gasteiger partial charge in [-0.15, -0.1) is 0 Å². The van der Waals surface area contributed by atoms with Crippen molar-refractivity contribution in [1.82, 2.24) is 14.9 Å². The molecule has 5 nitrogen and oxygen atoms in total. The molecule has 2 aromatic rings. The second-order valence-electron chi connectivity index (χ2n) is 4.43. The van der Waals surface area contributed by atoms with Gasteiger partial charge in [0.25, 0.3) is 5.91 Å². The van der Waals surface area contributed by atoms with E-state index in [1.165, 1.54) is 6.20 Å². The van der Waals surface area contributed by atoms with E-state index in [9.17, 15) is 4.79 Å². The summed E-state index contributed by atoms with van der Waals surface area (Å²) in [5.74, 6) is -0.137. The number of carbonyl (C=O) groups excluding carboxylic acids is 1. The summed E-state index contributed by atoms with van der Waals surface area (Å²) in [6, 6.07) is 5.45. The van der Waals surface area contributed by atoms with Crippen LogP contribution in [0.5, 0.6) is 0 Å². The Balaban J connectivity index is 2.15. The summed E-state index contributed by atoms with van der Waals surface area (Å²) in [7, 11) is 1.74. The lowest BCUT2D eigenvalue weighted by atomic mass is 10.2. The maximum Gasteiger partial charge on any atom is 0.257 e. The summed E-state index contributed by atoms with van der Waals surface area (Å²) in [4.78, 5) is 21.9. The van der Waals surface area contributed by atoms with Gasteiger partial charge in [0.15, 0.2) is 0 Å². The summed E-state index contributed by atoms with van der Waals surface area (Å²) in [5, 5.41) is 0. The number of aryl methyl sites for hydroxylation is 1. The fraction of sp³-hybridized carbons (Fsp3) is 0.214. The first-order valence-corrected chi connectivity index (χ1v) is 5.94. The van der Waals surface area contributed by atoms with Crippen LogP contribution in [0.1, 0.15) is 21.6 Å². The van der Waals surface area contributed by atoms with Crippen molar-refractivity contribution in [3.8, 4) is 0 Å². The Bertz CT molecular complexity index is 583. The van der Waals surface area contributed by atoms with E-state index in [-0.39, 0.29) is 5.91 Å². The highest BCUT2D eigenvalue weighted by Gasteiger charge is 2.15. The van der Waals surface area contributed by atoms with Crippen molar-refractivity contribution >= 4 is 11.6 Å². The van der Waals surface area contributed by atoms with Crippen LogP contribution in [0.2, 0.25) is 0 Å². The molecule has 0 atom stereocenters. The van der Waals surface area contributed by atoms with Crippen LogP contribution in [0.25, 0.3) is 0 Å². The molecular formula is C14H16N4O. The number of pyridine rings is 2. The number of hydrogen-bond donors (Lipinski definition) is 1. The predicted molar refractivity (Wildman–Crippen MR) is 73.4 cm³/mol. The summed E-state index contributed by atoms with van der Waals surface area (Å²) in [6.07, 6.45) is 4.93. The van der Waals surface area contributed by atoms with Crippen molar-refractivity contribution in [2.24, 2.45) is 0 Å². The van der Waals surface area contributed by atoms with Crippen LogP contribution in [0.4, 0.5) is 5.69 Å². The first-order valence-electron chi connectivity index (χ1n) is 5.94. The first-order chi connectivity index (χ1) is 9.08. The first kappa shape index (κ1) is 13.0. The Kier molecular flexibility index (Phi) is 3.75. The third-order valence-electron chi connectivity index (χ3n) is 2.82. The number of rotatable bonds is 3. The average molecular weight is 256 g/mol. The number of anilines is 1. The third-order valence-corrected chi connectivity index (χ3v) is 2.82. The zero-order chi connectivity index (χ0) is 13.8. The van der Waals surface area contributed by atoms with Crippen LogP contribution >= 0.6 is 0 Å². The minimum Gasteiger partial charge on any atom is -0.398 e. The second-order valence-corrected chi connectivity index (χ2v) is 4.43. The molecule has 2 heterocycles. The van der Waals surface area contributed by atoms with E-state index in [0.717, 1.165) is 11.3 Å². The van der Waals surface area contributed by atoms with Crippen LogP contribution in [0.15, 0.2) is 36.8 Å². The van der Waals surface area contributed by atoms with Gasteiger partial charge in [-0.2, -0.15) is 0 Å². The van der Waals surface area contributed by atoms with E-state index in [1.807, 2.05) is 19.1 Å². The molecule has 2 aromatic heterocycles. The van der Waals surface area contributed by atoms with E-state index in [0.29, 0.717) is 17.8 Å². The van der Waals surface area contributed by atoms with Crippen LogP contribution in [-0.4, -0.2) is 27.8 Å². The van der Waals surface area contributed by atoms with E-state index >= 15 is 0 Å². The van der Waals surface area contributed by atoms with Crippen molar-refractivity contribution in [3.63, 3.8) is 0 Å². The maximum absolute atomic E-state index is 12.3. The third kappa shape index (κ3) is 3.07. The summed E-state index contributed by atoms with van der Waals surface area (Å²) >= 11 is 0. The zero-order valence-corrected chi connectivity index (χ0v) is 11.0. The Morgan fingerprint density at radius 3 is 2.68 bits per heavy atom. The Hall–Kier alpha value is -2.43. The lowest BCUT2D eigenvalue weighted by Gasteiger charge is -2.18. The molecule has 0 spiro atoms. The Labute approximate surface area is 112 Å². The molecule has 0 aliphatic carbocycles. The number of aromatic nitrogens is 2. The molecule has 0 aliphatic rings. The number of nitrogens with two attached hydrogens (primary N) is 1. The molecule has 1 amide bonds. The van der Waals surface area contributed by atoms with Gasteiger partial charge in [-0.1, -0.05) is 0 Å². The standard InChI is InChI=1S/C14H16N4O/c1-10-7-13(15)12(8-17-10)14(19)18(2)9-11-3-5-16-6-4-11/h3-8H,9H2,1-2H3,(H2,15,17). The van der Waals surface area contributed by atoms with E-state index in [4.69, 9.17) is 5.73 Å². The summed E-state index contributed by atoms with van der Waals surface area (Å²) in [6.45, 7) is 2.35. The minimum absolute atomic E-state index is 0.137. The molecule has 0 unspecified atom stereocenters. The van der Waals surface area contributed by atoms with Crippen LogP contribution in [0, 0.1) is 6.92 Å². The molecule has 0 saturated heterocycles. The fourth-order valence-corrected chi connectivity index (χ4v) is 1.80. The fourth-order valence-electron chi connectivity index (χ4n) is 1.80. The molecule has 0 radical (unpaired) electrons. The SMILES string of the molecule is Cc1cc(N)c(C(=O)N(C)Cc2ccncc2)cn1. The zero-order valence-electron chi connectivity index (χ0n) is 11.0. The van der Waals surface area contributed by atoms with Gasteiger partial charge in [0.05, 0.1) is 5.56 Å². The predicted octanol–water partition coefficient (Wildman–Crippen LogP) is 1.64. The maximum atomic E-state index is 12.3. The van der Waals surface area contributed by atoms with Crippen molar-refractivity contribution in [2.75, 3.05) is 12.8 Å². The molecule has 98 valence electrons. The molecule has 2 rings (SSSR count). The van der Waals surface area contributed by atoms with Gasteiger partial charge in [-0.25, -0.2) is 0 Å². The Morgan fingerprint density at radius 2 is 2.05 bits per heavy atom. The van der Waals surface area contributed by atoms with Crippen molar-refractivity contribution in [2.45, 2.75) is 13.5 Å². The molecular weight excluding hydrogens is 240 g/mol. The summed E-state index contributed by atoms with van der Waals surface area (Å²) < 4.78 is 0. The number of nitrogens with zero attached hydrogens (tertiary/aromatic N) is 3. The lowest BCUT2D eigenvalue weighted by Crippen LogP contribution is -2.27. The topological polar surface area (TPSA) is 72.1 Å². The monoisotopic (exact) mass is 256 g/mol. The van der Waals surface area contributed by atoms with Crippen LogP contribution in [0.3, 0.4) is 0 Å². The van der Waals surface area contributed by atoms with Crippen molar-refractivity contribution < 1.29 is 4.79 Å². The van der Waals surface area contributed by atoms with E-state index in [1.54, 1.807) is 30.4 Å². The average Bonchev–Trinajstić information content (AvgIpc) is 2.39. The quantitative estimate of drug-likeness (QED) is 0.906. The molecule has 2 N–H and O–H groups in total. The molecule has 0 aromatic carbocycles. The number of carbonyl (C=O) groups is 1. The molecule has 0 saturated carbocycles. The van der Waals surface area contributed by atoms with Gasteiger partial charge in [-0.3, -0.25) is 14.8 Å². The highest BCUT2D eigenvalue weighted by molar-refractivity contribution is 5.98. The molecule has 5 heteroatoms. The normalized spacial score (nSPS) is 10.2. The Morgan fingerprint density at radius 1 is 1.37 bits per heavy atom. The van der Waals surface area contributed by atoms with Crippen molar-refractivity contribution in [3.05, 3.63) is 53.6 Å².